The fourth-order valence-electron chi connectivity index (χ4n) is 2.02. The van der Waals surface area contributed by atoms with Crippen LogP contribution in [0.1, 0.15) is 22.8 Å². The highest BCUT2D eigenvalue weighted by molar-refractivity contribution is 5.91. The summed E-state index contributed by atoms with van der Waals surface area (Å²) < 4.78 is 0. The van der Waals surface area contributed by atoms with Crippen LogP contribution in [0.3, 0.4) is 0 Å². The zero-order valence-electron chi connectivity index (χ0n) is 15.3. The molecule has 2 heterocycles. The van der Waals surface area contributed by atoms with Crippen LogP contribution >= 0.6 is 0 Å². The lowest BCUT2D eigenvalue weighted by Crippen LogP contribution is -2.47. The number of hydrogen-bond donors (Lipinski definition) is 4. The predicted molar refractivity (Wildman–Crippen MR) is 101 cm³/mol. The van der Waals surface area contributed by atoms with E-state index < -0.39 is 24.0 Å². The van der Waals surface area contributed by atoms with Crippen molar-refractivity contribution in [2.45, 2.75) is 26.1 Å². The van der Waals surface area contributed by atoms with Gasteiger partial charge in [0.1, 0.15) is 0 Å². The second kappa shape index (κ2) is 10.00. The zero-order chi connectivity index (χ0) is 20.5. The van der Waals surface area contributed by atoms with Crippen LogP contribution in [0.25, 0.3) is 0 Å². The van der Waals surface area contributed by atoms with Crippen molar-refractivity contribution in [2.75, 3.05) is 0 Å². The van der Waals surface area contributed by atoms with Gasteiger partial charge in [-0.15, -0.1) is 0 Å². The molecule has 4 N–H and O–H groups in total. The van der Waals surface area contributed by atoms with Gasteiger partial charge >= 0.3 is 0 Å². The minimum absolute atomic E-state index is 0.493. The van der Waals surface area contributed by atoms with E-state index in [1.807, 2.05) is 10.9 Å². The Morgan fingerprint density at radius 3 is 1.61 bits per heavy atom. The molecule has 2 atom stereocenters. The maximum absolute atomic E-state index is 11.8. The molecule has 0 saturated heterocycles. The third kappa shape index (κ3) is 6.34. The molecule has 0 fully saturated rings. The van der Waals surface area contributed by atoms with Gasteiger partial charge in [-0.25, -0.2) is 10.9 Å². The molecule has 10 heteroatoms. The number of hydrogen-bond acceptors (Lipinski definition) is 8. The Balaban J connectivity index is 1.85. The molecule has 28 heavy (non-hydrogen) atoms. The summed E-state index contributed by atoms with van der Waals surface area (Å²) in [6.07, 6.45) is -1.53. The molecular weight excluding hydrogens is 364 g/mol. The minimum Gasteiger partial charge on any atom is -0.380 e. The summed E-state index contributed by atoms with van der Waals surface area (Å²) in [6, 6.07) is 10.5. The minimum atomic E-state index is -2.03. The first-order chi connectivity index (χ1) is 13.4. The second-order valence-electron chi connectivity index (χ2n) is 5.77. The topological polar surface area (TPSA) is 149 Å². The molecule has 0 unspecified atom stereocenters. The van der Waals surface area contributed by atoms with Gasteiger partial charge in [-0.1, -0.05) is 12.1 Å². The predicted octanol–water partition coefficient (Wildman–Crippen LogP) is -0.584. The van der Waals surface area contributed by atoms with E-state index in [-0.39, 0.29) is 0 Å². The molecule has 0 aliphatic rings. The van der Waals surface area contributed by atoms with Crippen molar-refractivity contribution in [3.8, 4) is 0 Å². The molecule has 0 aliphatic heterocycles. The van der Waals surface area contributed by atoms with Gasteiger partial charge in [-0.2, -0.15) is 10.2 Å². The molecule has 2 aromatic heterocycles. The van der Waals surface area contributed by atoms with Gasteiger partial charge in [-0.05, 0) is 38.1 Å². The van der Waals surface area contributed by atoms with Crippen molar-refractivity contribution in [3.05, 3.63) is 59.2 Å². The van der Waals surface area contributed by atoms with Crippen LogP contribution < -0.4 is 10.9 Å². The molecule has 0 saturated carbocycles. The quantitative estimate of drug-likeness (QED) is 0.370. The number of aliphatic hydroxyl groups is 2. The molecule has 10 nitrogen and oxygen atoms in total. The molecule has 2 rings (SSSR count). The van der Waals surface area contributed by atoms with Gasteiger partial charge in [0.25, 0.3) is 11.8 Å². The lowest BCUT2D eigenvalue weighted by Gasteiger charge is -2.14. The molecule has 146 valence electrons. The standard InChI is InChI=1S/C18H20N6O4/c1-11-5-3-7-13(21-11)9-19-23-17(27)15(25)16(26)18(28)24-20-10-14-8-4-6-12(2)22-14/h3-10,15-16,25-26H,1-2H3,(H,23,27)(H,24,28)/b19-9-,20-10-/t15-,16-/m0/s1. The van der Waals surface area contributed by atoms with Crippen molar-refractivity contribution in [1.29, 1.82) is 0 Å². The summed E-state index contributed by atoms with van der Waals surface area (Å²) in [5.41, 5.74) is 6.57. The molecule has 0 spiro atoms. The molecule has 2 aromatic rings. The Morgan fingerprint density at radius 2 is 1.25 bits per heavy atom. The Labute approximate surface area is 161 Å². The highest BCUT2D eigenvalue weighted by atomic mass is 16.3. The van der Waals surface area contributed by atoms with E-state index in [0.29, 0.717) is 11.4 Å². The zero-order valence-corrected chi connectivity index (χ0v) is 15.3. The van der Waals surface area contributed by atoms with Crippen LogP contribution in [-0.4, -0.2) is 56.6 Å². The van der Waals surface area contributed by atoms with E-state index in [2.05, 4.69) is 20.2 Å². The normalized spacial score (nSPS) is 13.4. The van der Waals surface area contributed by atoms with Gasteiger partial charge in [0.15, 0.2) is 12.2 Å². The van der Waals surface area contributed by atoms with Gasteiger partial charge < -0.3 is 10.2 Å². The number of nitrogens with one attached hydrogen (secondary N) is 2. The fourth-order valence-corrected chi connectivity index (χ4v) is 2.02. The Hall–Kier alpha value is -3.50. The number of aliphatic hydroxyl groups excluding tert-OH is 2. The number of nitrogens with zero attached hydrogens (tertiary/aromatic N) is 4. The monoisotopic (exact) mass is 384 g/mol. The van der Waals surface area contributed by atoms with E-state index in [1.54, 1.807) is 50.2 Å². The molecular formula is C18H20N6O4. The number of rotatable bonds is 7. The van der Waals surface area contributed by atoms with E-state index in [0.717, 1.165) is 11.4 Å². The molecule has 0 radical (unpaired) electrons. The molecule has 0 aromatic carbocycles. The van der Waals surface area contributed by atoms with Crippen molar-refractivity contribution < 1.29 is 19.8 Å². The number of hydrazone groups is 2. The lowest BCUT2D eigenvalue weighted by molar-refractivity contribution is -0.146. The number of pyridine rings is 2. The summed E-state index contributed by atoms with van der Waals surface area (Å²) in [5, 5.41) is 26.8. The number of aromatic nitrogens is 2. The van der Waals surface area contributed by atoms with Crippen LogP contribution in [0.2, 0.25) is 0 Å². The summed E-state index contributed by atoms with van der Waals surface area (Å²) in [4.78, 5) is 31.9. The van der Waals surface area contributed by atoms with Crippen molar-refractivity contribution >= 4 is 24.2 Å². The number of amides is 2. The second-order valence-corrected chi connectivity index (χ2v) is 5.77. The van der Waals surface area contributed by atoms with Gasteiger partial charge in [-0.3, -0.25) is 19.6 Å². The van der Waals surface area contributed by atoms with Crippen LogP contribution in [-0.2, 0) is 9.59 Å². The maximum atomic E-state index is 11.8. The van der Waals surface area contributed by atoms with E-state index in [4.69, 9.17) is 0 Å². The molecule has 2 amide bonds. The van der Waals surface area contributed by atoms with Crippen LogP contribution in [0.4, 0.5) is 0 Å². The van der Waals surface area contributed by atoms with Gasteiger partial charge in [0.05, 0.1) is 23.8 Å². The van der Waals surface area contributed by atoms with E-state index in [1.165, 1.54) is 12.4 Å². The van der Waals surface area contributed by atoms with Gasteiger partial charge in [0.2, 0.25) is 0 Å². The fraction of sp³-hybridized carbons (Fsp3) is 0.222. The average Bonchev–Trinajstić information content (AvgIpc) is 2.66. The van der Waals surface area contributed by atoms with Crippen molar-refractivity contribution in [3.63, 3.8) is 0 Å². The Bertz CT molecular complexity index is 826. The SMILES string of the molecule is Cc1cccc(/C=N\NC(=O)[C@@H](O)[C@H](O)C(=O)N/N=C\c2cccc(C)n2)n1. The Kier molecular flexibility index (Phi) is 7.43. The summed E-state index contributed by atoms with van der Waals surface area (Å²) in [5.74, 6) is -2.12. The molecule has 0 bridgehead atoms. The highest BCUT2D eigenvalue weighted by Gasteiger charge is 2.30. The van der Waals surface area contributed by atoms with Crippen molar-refractivity contribution in [2.24, 2.45) is 10.2 Å². The number of carbonyl (C=O) groups is 2. The molecule has 0 aliphatic carbocycles. The van der Waals surface area contributed by atoms with Crippen LogP contribution in [0.15, 0.2) is 46.6 Å². The first-order valence-electron chi connectivity index (χ1n) is 8.26. The van der Waals surface area contributed by atoms with E-state index in [9.17, 15) is 19.8 Å². The summed E-state index contributed by atoms with van der Waals surface area (Å²) in [6.45, 7) is 3.60. The Morgan fingerprint density at radius 1 is 0.857 bits per heavy atom. The third-order valence-electron chi connectivity index (χ3n) is 3.40. The van der Waals surface area contributed by atoms with Crippen LogP contribution in [0, 0.1) is 13.8 Å². The largest absolute Gasteiger partial charge is 0.380 e. The lowest BCUT2D eigenvalue weighted by atomic mass is 10.2. The average molecular weight is 384 g/mol. The number of aryl methyl sites for hydroxylation is 2. The van der Waals surface area contributed by atoms with Crippen molar-refractivity contribution in [1.82, 2.24) is 20.8 Å². The highest BCUT2D eigenvalue weighted by Crippen LogP contribution is 1.97. The third-order valence-corrected chi connectivity index (χ3v) is 3.40. The van der Waals surface area contributed by atoms with Crippen LogP contribution in [0.5, 0.6) is 0 Å². The maximum Gasteiger partial charge on any atom is 0.272 e. The summed E-state index contributed by atoms with van der Waals surface area (Å²) in [7, 11) is 0. The van der Waals surface area contributed by atoms with E-state index >= 15 is 0 Å². The van der Waals surface area contributed by atoms with Gasteiger partial charge in [0, 0.05) is 11.4 Å². The first-order valence-corrected chi connectivity index (χ1v) is 8.26. The first kappa shape index (κ1) is 20.8. The smallest absolute Gasteiger partial charge is 0.272 e. The summed E-state index contributed by atoms with van der Waals surface area (Å²) >= 11 is 0. The number of carbonyl (C=O) groups excluding carboxylic acids is 2.